The Bertz CT molecular complexity index is 1180. The molecule has 1 heterocycles. The van der Waals surface area contributed by atoms with Crippen LogP contribution in [-0.2, 0) is 4.83 Å². The highest BCUT2D eigenvalue weighted by Crippen LogP contribution is 2.39. The van der Waals surface area contributed by atoms with Gasteiger partial charge in [-0.05, 0) is 50.8 Å². The third-order valence-electron chi connectivity index (χ3n) is 4.66. The molecule has 0 saturated heterocycles. The summed E-state index contributed by atoms with van der Waals surface area (Å²) in [6.07, 6.45) is 0. The van der Waals surface area contributed by atoms with Gasteiger partial charge in [0.15, 0.2) is 0 Å². The van der Waals surface area contributed by atoms with E-state index in [9.17, 15) is 13.6 Å². The molecule has 0 spiro atoms. The summed E-state index contributed by atoms with van der Waals surface area (Å²) in [6, 6.07) is 28.1. The van der Waals surface area contributed by atoms with Crippen LogP contribution in [0.5, 0.6) is 0 Å². The minimum absolute atomic E-state index is 0.376. The largest absolute Gasteiger partial charge is 0.341 e. The molecule has 0 amide bonds. The van der Waals surface area contributed by atoms with Crippen molar-refractivity contribution < 1.29 is 8.78 Å². The second-order valence-electron chi connectivity index (χ2n) is 6.52. The van der Waals surface area contributed by atoms with Crippen molar-refractivity contribution in [1.82, 2.24) is 4.57 Å². The van der Waals surface area contributed by atoms with Gasteiger partial charge in [0.1, 0.15) is 5.69 Å². The number of aromatic nitrogens is 1. The monoisotopic (exact) mass is 451 g/mol. The summed E-state index contributed by atoms with van der Waals surface area (Å²) in [5.74, 6) is 0. The fourth-order valence-corrected chi connectivity index (χ4v) is 3.67. The molecule has 4 aromatic rings. The predicted molar refractivity (Wildman–Crippen MR) is 116 cm³/mol. The highest BCUT2D eigenvalue weighted by atomic mass is 79.9. The molecule has 0 radical (unpaired) electrons. The van der Waals surface area contributed by atoms with Gasteiger partial charge in [-0.25, -0.2) is 0 Å². The first-order valence-electron chi connectivity index (χ1n) is 9.00. The van der Waals surface area contributed by atoms with Gasteiger partial charge in [0.25, 0.3) is 5.56 Å². The van der Waals surface area contributed by atoms with E-state index < -0.39 is 16.1 Å². The Hall–Kier alpha value is -3.05. The van der Waals surface area contributed by atoms with Crippen LogP contribution in [0.1, 0.15) is 5.69 Å². The van der Waals surface area contributed by atoms with Gasteiger partial charge >= 0.3 is 4.83 Å². The number of para-hydroxylation sites is 1. The molecule has 0 aliphatic carbocycles. The molecule has 5 heteroatoms. The Balaban J connectivity index is 2.15. The lowest BCUT2D eigenvalue weighted by Crippen LogP contribution is -2.28. The van der Waals surface area contributed by atoms with Crippen LogP contribution in [-0.4, -0.2) is 4.57 Å². The molecular formula is C24H16BrF2NO. The molecule has 0 atom stereocenters. The van der Waals surface area contributed by atoms with Crippen molar-refractivity contribution in [3.63, 3.8) is 0 Å². The van der Waals surface area contributed by atoms with Crippen LogP contribution in [0.25, 0.3) is 27.9 Å². The summed E-state index contributed by atoms with van der Waals surface area (Å²) in [4.78, 5) is 10.3. The maximum absolute atomic E-state index is 14.6. The van der Waals surface area contributed by atoms with Crippen LogP contribution in [0.3, 0.4) is 0 Å². The average molecular weight is 452 g/mol. The van der Waals surface area contributed by atoms with E-state index in [0.29, 0.717) is 27.9 Å². The number of halogens is 3. The maximum atomic E-state index is 14.6. The van der Waals surface area contributed by atoms with Crippen LogP contribution < -0.4 is 5.56 Å². The van der Waals surface area contributed by atoms with Crippen molar-refractivity contribution in [3.8, 4) is 27.9 Å². The smallest absolute Gasteiger partial charge is 0.274 e. The standard InChI is InChI=1S/C24H16BrF2NO/c25-24(26,27)21-16-20(17-10-4-1-5-11-17)22(18-12-6-2-7-13-18)23(29)28(21)19-14-8-3-9-15-19/h1-16H. The van der Waals surface area contributed by atoms with Crippen molar-refractivity contribution in [2.75, 3.05) is 0 Å². The molecule has 0 aliphatic heterocycles. The van der Waals surface area contributed by atoms with Crippen LogP contribution >= 0.6 is 15.9 Å². The molecule has 0 N–H and O–H groups in total. The number of alkyl halides is 3. The number of nitrogens with zero attached hydrogens (tertiary/aromatic N) is 1. The van der Waals surface area contributed by atoms with Gasteiger partial charge in [0, 0.05) is 5.69 Å². The van der Waals surface area contributed by atoms with E-state index in [-0.39, 0.29) is 0 Å². The minimum atomic E-state index is -3.39. The summed E-state index contributed by atoms with van der Waals surface area (Å²) in [7, 11) is 0. The number of benzene rings is 3. The lowest BCUT2D eigenvalue weighted by Gasteiger charge is -2.21. The predicted octanol–water partition coefficient (Wildman–Crippen LogP) is 6.62. The van der Waals surface area contributed by atoms with E-state index in [1.165, 1.54) is 6.07 Å². The lowest BCUT2D eigenvalue weighted by atomic mass is 9.95. The first-order chi connectivity index (χ1) is 14.0. The Kier molecular flexibility index (Phi) is 5.16. The molecule has 0 saturated carbocycles. The highest BCUT2D eigenvalue weighted by Gasteiger charge is 2.34. The normalized spacial score (nSPS) is 11.4. The van der Waals surface area contributed by atoms with E-state index in [0.717, 1.165) is 4.57 Å². The lowest BCUT2D eigenvalue weighted by molar-refractivity contribution is 0.106. The molecule has 0 bridgehead atoms. The van der Waals surface area contributed by atoms with E-state index >= 15 is 0 Å². The van der Waals surface area contributed by atoms with Crippen LogP contribution in [0, 0.1) is 0 Å². The average Bonchev–Trinajstić information content (AvgIpc) is 2.74. The van der Waals surface area contributed by atoms with E-state index in [1.54, 1.807) is 30.3 Å². The second-order valence-corrected chi connectivity index (χ2v) is 7.52. The minimum Gasteiger partial charge on any atom is -0.274 e. The summed E-state index contributed by atoms with van der Waals surface area (Å²) in [6.45, 7) is 0. The van der Waals surface area contributed by atoms with Crippen molar-refractivity contribution in [1.29, 1.82) is 0 Å². The van der Waals surface area contributed by atoms with Crippen molar-refractivity contribution in [3.05, 3.63) is 113 Å². The zero-order valence-electron chi connectivity index (χ0n) is 15.2. The second kappa shape index (κ2) is 7.76. The van der Waals surface area contributed by atoms with Crippen LogP contribution in [0.4, 0.5) is 8.78 Å². The number of hydrogen-bond donors (Lipinski definition) is 0. The quantitative estimate of drug-likeness (QED) is 0.319. The van der Waals surface area contributed by atoms with E-state index in [2.05, 4.69) is 15.9 Å². The third kappa shape index (κ3) is 3.78. The van der Waals surface area contributed by atoms with Gasteiger partial charge in [-0.15, -0.1) is 0 Å². The van der Waals surface area contributed by atoms with E-state index in [4.69, 9.17) is 0 Å². The molecule has 0 fully saturated rings. The van der Waals surface area contributed by atoms with E-state index in [1.807, 2.05) is 60.7 Å². The number of rotatable bonds is 4. The van der Waals surface area contributed by atoms with Crippen LogP contribution in [0.15, 0.2) is 102 Å². The summed E-state index contributed by atoms with van der Waals surface area (Å²) < 4.78 is 30.2. The Morgan fingerprint density at radius 1 is 0.724 bits per heavy atom. The third-order valence-corrected chi connectivity index (χ3v) is 5.07. The Morgan fingerprint density at radius 2 is 1.21 bits per heavy atom. The molecular weight excluding hydrogens is 436 g/mol. The molecule has 29 heavy (non-hydrogen) atoms. The zero-order valence-corrected chi connectivity index (χ0v) is 16.8. The molecule has 1 aromatic heterocycles. The zero-order chi connectivity index (χ0) is 20.4. The first-order valence-corrected chi connectivity index (χ1v) is 9.79. The summed E-state index contributed by atoms with van der Waals surface area (Å²) in [5, 5.41) is 0. The Morgan fingerprint density at radius 3 is 1.72 bits per heavy atom. The highest BCUT2D eigenvalue weighted by molar-refractivity contribution is 9.09. The molecule has 2 nitrogen and oxygen atoms in total. The molecule has 4 rings (SSSR count). The Labute approximate surface area is 175 Å². The van der Waals surface area contributed by atoms with Gasteiger partial charge in [0.2, 0.25) is 0 Å². The number of pyridine rings is 1. The van der Waals surface area contributed by atoms with Gasteiger partial charge in [-0.1, -0.05) is 78.9 Å². The summed E-state index contributed by atoms with van der Waals surface area (Å²) >= 11 is 2.46. The fourth-order valence-electron chi connectivity index (χ4n) is 3.38. The van der Waals surface area contributed by atoms with Crippen molar-refractivity contribution in [2.45, 2.75) is 4.83 Å². The molecule has 0 unspecified atom stereocenters. The topological polar surface area (TPSA) is 22.0 Å². The van der Waals surface area contributed by atoms with Gasteiger partial charge in [0.05, 0.1) is 5.56 Å². The van der Waals surface area contributed by atoms with Gasteiger partial charge in [-0.3, -0.25) is 9.36 Å². The molecule has 0 aliphatic rings. The molecule has 3 aromatic carbocycles. The molecule has 144 valence electrons. The van der Waals surface area contributed by atoms with Crippen LogP contribution in [0.2, 0.25) is 0 Å². The van der Waals surface area contributed by atoms with Gasteiger partial charge < -0.3 is 0 Å². The fraction of sp³-hybridized carbons (Fsp3) is 0.0417. The van der Waals surface area contributed by atoms with Gasteiger partial charge in [-0.2, -0.15) is 8.78 Å². The SMILES string of the molecule is O=c1c(-c2ccccc2)c(-c2ccccc2)cc(C(F)(F)Br)n1-c1ccccc1. The van der Waals surface area contributed by atoms with Crippen molar-refractivity contribution >= 4 is 15.9 Å². The van der Waals surface area contributed by atoms with Crippen molar-refractivity contribution in [2.24, 2.45) is 0 Å². The summed E-state index contributed by atoms with van der Waals surface area (Å²) in [5.41, 5.74) is 1.66. The first kappa shape index (κ1) is 19.3. The number of hydrogen-bond acceptors (Lipinski definition) is 1. The maximum Gasteiger partial charge on any atom is 0.341 e.